The minimum Gasteiger partial charge on any atom is -0.466 e. The van der Waals surface area contributed by atoms with Gasteiger partial charge in [-0.05, 0) is 49.6 Å². The van der Waals surface area contributed by atoms with Gasteiger partial charge < -0.3 is 19.3 Å². The number of carbonyl (C=O) groups excluding carboxylic acids is 1. The first-order valence-corrected chi connectivity index (χ1v) is 7.78. The van der Waals surface area contributed by atoms with Crippen molar-refractivity contribution in [2.75, 3.05) is 6.54 Å². The Bertz CT molecular complexity index is 696. The van der Waals surface area contributed by atoms with E-state index in [4.69, 9.17) is 8.83 Å². The van der Waals surface area contributed by atoms with Crippen LogP contribution in [0.1, 0.15) is 43.5 Å². The number of hydrogen-bond donors (Lipinski definition) is 2. The maximum Gasteiger partial charge on any atom is 0.244 e. The van der Waals surface area contributed by atoms with Gasteiger partial charge in [-0.15, -0.1) is 0 Å². The second-order valence-corrected chi connectivity index (χ2v) is 6.36. The Morgan fingerprint density at radius 2 is 2.26 bits per heavy atom. The highest BCUT2D eigenvalue weighted by Gasteiger charge is 2.36. The summed E-state index contributed by atoms with van der Waals surface area (Å²) >= 11 is 0. The molecule has 2 aromatic heterocycles. The topological polar surface area (TPSA) is 75.6 Å². The molecule has 2 heterocycles. The second kappa shape index (κ2) is 6.08. The lowest BCUT2D eigenvalue weighted by molar-refractivity contribution is -0.117. The highest BCUT2D eigenvalue weighted by Crippen LogP contribution is 2.47. The number of nitrogens with one attached hydrogen (secondary N) is 1. The van der Waals surface area contributed by atoms with E-state index < -0.39 is 5.60 Å². The van der Waals surface area contributed by atoms with Crippen molar-refractivity contribution in [1.82, 2.24) is 5.32 Å². The van der Waals surface area contributed by atoms with Crippen LogP contribution in [-0.4, -0.2) is 17.6 Å². The van der Waals surface area contributed by atoms with Gasteiger partial charge in [0.1, 0.15) is 22.9 Å². The van der Waals surface area contributed by atoms with Crippen molar-refractivity contribution in [2.45, 2.75) is 31.8 Å². The third-order valence-electron chi connectivity index (χ3n) is 4.18. The molecule has 3 unspecified atom stereocenters. The van der Waals surface area contributed by atoms with Crippen LogP contribution in [-0.2, 0) is 10.4 Å². The van der Waals surface area contributed by atoms with Gasteiger partial charge in [0.15, 0.2) is 0 Å². The molecule has 0 radical (unpaired) electrons. The van der Waals surface area contributed by atoms with Gasteiger partial charge in [0.25, 0.3) is 0 Å². The maximum absolute atomic E-state index is 11.9. The molecule has 3 rings (SSSR count). The molecule has 5 heteroatoms. The van der Waals surface area contributed by atoms with E-state index >= 15 is 0 Å². The number of aliphatic hydroxyl groups is 1. The summed E-state index contributed by atoms with van der Waals surface area (Å²) in [5, 5.41) is 12.9. The van der Waals surface area contributed by atoms with Crippen molar-refractivity contribution in [1.29, 1.82) is 0 Å². The summed E-state index contributed by atoms with van der Waals surface area (Å²) in [5.41, 5.74) is -1.24. The molecule has 1 amide bonds. The third kappa shape index (κ3) is 3.74. The molecule has 1 aliphatic carbocycles. The van der Waals surface area contributed by atoms with Gasteiger partial charge in [0.2, 0.25) is 5.91 Å². The Labute approximate surface area is 135 Å². The summed E-state index contributed by atoms with van der Waals surface area (Å²) in [6.45, 7) is 3.85. The van der Waals surface area contributed by atoms with E-state index in [0.29, 0.717) is 23.4 Å². The predicted octanol–water partition coefficient (Wildman–Crippen LogP) is 3.03. The molecule has 0 bridgehead atoms. The van der Waals surface area contributed by atoms with Crippen LogP contribution >= 0.6 is 0 Å². The fraction of sp³-hybridized carbons (Fsp3) is 0.389. The second-order valence-electron chi connectivity index (χ2n) is 6.36. The van der Waals surface area contributed by atoms with Crippen molar-refractivity contribution in [3.8, 4) is 0 Å². The number of hydrogen-bond acceptors (Lipinski definition) is 4. The molecular weight excluding hydrogens is 294 g/mol. The molecule has 0 aromatic carbocycles. The van der Waals surface area contributed by atoms with Gasteiger partial charge >= 0.3 is 0 Å². The van der Waals surface area contributed by atoms with E-state index in [9.17, 15) is 9.90 Å². The van der Waals surface area contributed by atoms with Crippen molar-refractivity contribution in [2.24, 2.45) is 5.92 Å². The van der Waals surface area contributed by atoms with E-state index in [2.05, 4.69) is 12.2 Å². The maximum atomic E-state index is 11.9. The third-order valence-corrected chi connectivity index (χ3v) is 4.18. The molecule has 0 aliphatic heterocycles. The number of furan rings is 2. The minimum absolute atomic E-state index is 0.0622. The van der Waals surface area contributed by atoms with Gasteiger partial charge in [-0.2, -0.15) is 0 Å². The Kier molecular flexibility index (Phi) is 4.13. The smallest absolute Gasteiger partial charge is 0.244 e. The van der Waals surface area contributed by atoms with Gasteiger partial charge in [-0.25, -0.2) is 0 Å². The predicted molar refractivity (Wildman–Crippen MR) is 85.6 cm³/mol. The summed E-state index contributed by atoms with van der Waals surface area (Å²) in [6, 6.07) is 7.20. The van der Waals surface area contributed by atoms with Crippen LogP contribution in [0.15, 0.2) is 45.4 Å². The molecule has 1 saturated carbocycles. The van der Waals surface area contributed by atoms with Crippen LogP contribution < -0.4 is 5.32 Å². The van der Waals surface area contributed by atoms with Gasteiger partial charge in [0, 0.05) is 12.0 Å². The van der Waals surface area contributed by atoms with Crippen LogP contribution in [0.3, 0.4) is 0 Å². The summed E-state index contributed by atoms with van der Waals surface area (Å²) in [5.74, 6) is 2.97. The highest BCUT2D eigenvalue weighted by molar-refractivity contribution is 5.91. The molecule has 23 heavy (non-hydrogen) atoms. The van der Waals surface area contributed by atoms with Gasteiger partial charge in [-0.3, -0.25) is 4.79 Å². The number of amides is 1. The first kappa shape index (κ1) is 15.6. The molecular formula is C18H21NO4. The normalized spacial score (nSPS) is 22.9. The zero-order valence-corrected chi connectivity index (χ0v) is 13.3. The largest absolute Gasteiger partial charge is 0.466 e. The zero-order valence-electron chi connectivity index (χ0n) is 13.3. The Hall–Kier alpha value is -2.27. The van der Waals surface area contributed by atoms with E-state index in [1.807, 2.05) is 12.1 Å². The van der Waals surface area contributed by atoms with Crippen molar-refractivity contribution < 1.29 is 18.7 Å². The average Bonchev–Trinajstić information content (AvgIpc) is 2.99. The molecule has 2 N–H and O–H groups in total. The van der Waals surface area contributed by atoms with Gasteiger partial charge in [-0.1, -0.05) is 6.92 Å². The zero-order chi connectivity index (χ0) is 16.4. The highest BCUT2D eigenvalue weighted by atomic mass is 16.4. The van der Waals surface area contributed by atoms with E-state index in [1.165, 1.54) is 18.8 Å². The molecule has 5 nitrogen and oxygen atoms in total. The molecule has 1 aliphatic rings. The van der Waals surface area contributed by atoms with E-state index in [0.717, 1.165) is 5.76 Å². The molecule has 1 fully saturated rings. The monoisotopic (exact) mass is 315 g/mol. The Morgan fingerprint density at radius 3 is 2.91 bits per heavy atom. The molecule has 3 atom stereocenters. The van der Waals surface area contributed by atoms with E-state index in [-0.39, 0.29) is 12.5 Å². The Morgan fingerprint density at radius 1 is 1.48 bits per heavy atom. The summed E-state index contributed by atoms with van der Waals surface area (Å²) in [4.78, 5) is 11.9. The van der Waals surface area contributed by atoms with E-state index in [1.54, 1.807) is 25.1 Å². The van der Waals surface area contributed by atoms with Crippen LogP contribution in [0.25, 0.3) is 6.08 Å². The molecule has 2 aromatic rings. The fourth-order valence-electron chi connectivity index (χ4n) is 2.52. The summed E-state index contributed by atoms with van der Waals surface area (Å²) < 4.78 is 10.9. The Balaban J connectivity index is 1.52. The fourth-order valence-corrected chi connectivity index (χ4v) is 2.52. The lowest BCUT2D eigenvalue weighted by Gasteiger charge is -2.20. The average molecular weight is 315 g/mol. The first-order valence-electron chi connectivity index (χ1n) is 7.78. The molecule has 122 valence electrons. The quantitative estimate of drug-likeness (QED) is 0.803. The van der Waals surface area contributed by atoms with Crippen molar-refractivity contribution in [3.63, 3.8) is 0 Å². The standard InChI is InChI=1S/C18H21NO4/c1-12-10-14(12)15-7-5-13(23-15)6-8-17(20)19-11-18(2,21)16-4-3-9-22-16/h3-9,12,14,21H,10-11H2,1-2H3,(H,19,20). The van der Waals surface area contributed by atoms with Gasteiger partial charge in [0.05, 0.1) is 12.8 Å². The summed E-state index contributed by atoms with van der Waals surface area (Å²) in [7, 11) is 0. The SMILES string of the molecule is CC1CC1c1ccc(C=CC(=O)NCC(C)(O)c2ccco2)o1. The van der Waals surface area contributed by atoms with Crippen molar-refractivity contribution in [3.05, 3.63) is 53.9 Å². The van der Waals surface area contributed by atoms with Crippen molar-refractivity contribution >= 4 is 12.0 Å². The lowest BCUT2D eigenvalue weighted by atomic mass is 10.0. The number of rotatable bonds is 6. The first-order chi connectivity index (χ1) is 11.0. The van der Waals surface area contributed by atoms with Crippen LogP contribution in [0.4, 0.5) is 0 Å². The van der Waals surface area contributed by atoms with Crippen LogP contribution in [0.5, 0.6) is 0 Å². The number of carbonyl (C=O) groups is 1. The lowest BCUT2D eigenvalue weighted by Crippen LogP contribution is -2.37. The van der Waals surface area contributed by atoms with Crippen LogP contribution in [0, 0.1) is 5.92 Å². The van der Waals surface area contributed by atoms with Crippen LogP contribution in [0.2, 0.25) is 0 Å². The summed E-state index contributed by atoms with van der Waals surface area (Å²) in [6.07, 6.45) is 5.68. The molecule has 0 saturated heterocycles. The molecule has 0 spiro atoms. The minimum atomic E-state index is -1.24.